The smallest absolute Gasteiger partial charge is 0.414 e. The lowest BCUT2D eigenvalue weighted by atomic mass is 10.2. The number of hydrogen-bond acceptors (Lipinski definition) is 8. The predicted molar refractivity (Wildman–Crippen MR) is 127 cm³/mol. The van der Waals surface area contributed by atoms with Gasteiger partial charge in [-0.05, 0) is 36.4 Å². The maximum absolute atomic E-state index is 15.1. The number of hydrogen-bond donors (Lipinski definition) is 0. The SMILES string of the molecule is N#Cc1ccc(N2CCN(c3ccc(N4CC(COc5ccccn5)OC4=O)cc3F)CC2)nc1. The van der Waals surface area contributed by atoms with Gasteiger partial charge in [0, 0.05) is 44.6 Å². The van der Waals surface area contributed by atoms with Crippen LogP contribution in [0, 0.1) is 17.1 Å². The zero-order valence-electron chi connectivity index (χ0n) is 18.9. The summed E-state index contributed by atoms with van der Waals surface area (Å²) in [6.07, 6.45) is 2.17. The molecule has 3 aromatic rings. The topological polar surface area (TPSA) is 94.8 Å². The molecule has 2 saturated heterocycles. The largest absolute Gasteiger partial charge is 0.474 e. The lowest BCUT2D eigenvalue weighted by Gasteiger charge is -2.37. The molecule has 178 valence electrons. The van der Waals surface area contributed by atoms with Crippen molar-refractivity contribution in [1.29, 1.82) is 5.26 Å². The first kappa shape index (κ1) is 22.4. The van der Waals surface area contributed by atoms with E-state index in [-0.39, 0.29) is 13.2 Å². The van der Waals surface area contributed by atoms with Crippen molar-refractivity contribution >= 4 is 23.3 Å². The summed E-state index contributed by atoms with van der Waals surface area (Å²) in [6.45, 7) is 3.03. The number of carbonyl (C=O) groups excluding carboxylic acids is 1. The number of cyclic esters (lactones) is 1. The van der Waals surface area contributed by atoms with Crippen molar-refractivity contribution in [1.82, 2.24) is 9.97 Å². The average molecular weight is 474 g/mol. The van der Waals surface area contributed by atoms with E-state index in [4.69, 9.17) is 14.7 Å². The Balaban J connectivity index is 1.19. The molecule has 1 aromatic carbocycles. The Labute approximate surface area is 201 Å². The minimum absolute atomic E-state index is 0.165. The van der Waals surface area contributed by atoms with Gasteiger partial charge in [0.05, 0.1) is 23.5 Å². The summed E-state index contributed by atoms with van der Waals surface area (Å²) >= 11 is 0. The minimum Gasteiger partial charge on any atom is -0.474 e. The summed E-state index contributed by atoms with van der Waals surface area (Å²) in [6, 6.07) is 15.8. The van der Waals surface area contributed by atoms with Crippen molar-refractivity contribution in [2.45, 2.75) is 6.10 Å². The van der Waals surface area contributed by atoms with E-state index < -0.39 is 18.0 Å². The molecule has 1 unspecified atom stereocenters. The molecule has 10 heteroatoms. The molecule has 2 fully saturated rings. The Hall–Kier alpha value is -4.39. The van der Waals surface area contributed by atoms with Crippen molar-refractivity contribution in [2.24, 2.45) is 0 Å². The fourth-order valence-corrected chi connectivity index (χ4v) is 4.17. The maximum atomic E-state index is 15.1. The van der Waals surface area contributed by atoms with Gasteiger partial charge < -0.3 is 19.3 Å². The second-order valence-electron chi connectivity index (χ2n) is 8.22. The Morgan fingerprint density at radius 2 is 1.91 bits per heavy atom. The number of benzene rings is 1. The summed E-state index contributed by atoms with van der Waals surface area (Å²) in [5, 5.41) is 8.93. The van der Waals surface area contributed by atoms with Gasteiger partial charge >= 0.3 is 6.09 Å². The fourth-order valence-electron chi connectivity index (χ4n) is 4.17. The highest BCUT2D eigenvalue weighted by molar-refractivity contribution is 5.90. The molecule has 0 radical (unpaired) electrons. The molecule has 1 amide bonds. The van der Waals surface area contributed by atoms with E-state index in [2.05, 4.69) is 20.9 Å². The molecule has 2 aromatic heterocycles. The van der Waals surface area contributed by atoms with Gasteiger partial charge in [-0.25, -0.2) is 19.2 Å². The average Bonchev–Trinajstić information content (AvgIpc) is 3.28. The molecule has 35 heavy (non-hydrogen) atoms. The van der Waals surface area contributed by atoms with E-state index in [1.54, 1.807) is 42.7 Å². The Bertz CT molecular complexity index is 1230. The van der Waals surface area contributed by atoms with E-state index in [9.17, 15) is 4.79 Å². The predicted octanol–water partition coefficient (Wildman–Crippen LogP) is 3.22. The molecular weight excluding hydrogens is 451 g/mol. The van der Waals surface area contributed by atoms with Crippen molar-refractivity contribution < 1.29 is 18.7 Å². The molecule has 9 nitrogen and oxygen atoms in total. The Kier molecular flexibility index (Phi) is 6.30. The van der Waals surface area contributed by atoms with Gasteiger partial charge in [0.1, 0.15) is 24.3 Å². The number of amides is 1. The van der Waals surface area contributed by atoms with E-state index in [0.717, 1.165) is 5.82 Å². The summed E-state index contributed by atoms with van der Waals surface area (Å²) < 4.78 is 26.0. The van der Waals surface area contributed by atoms with E-state index in [1.807, 2.05) is 17.0 Å². The first-order valence-electron chi connectivity index (χ1n) is 11.3. The van der Waals surface area contributed by atoms with Crippen LogP contribution in [0.4, 0.5) is 26.4 Å². The third-order valence-electron chi connectivity index (χ3n) is 5.99. The van der Waals surface area contributed by atoms with Crippen molar-refractivity contribution in [3.8, 4) is 11.9 Å². The van der Waals surface area contributed by atoms with Crippen LogP contribution in [0.25, 0.3) is 0 Å². The highest BCUT2D eigenvalue weighted by atomic mass is 19.1. The zero-order chi connectivity index (χ0) is 24.2. The van der Waals surface area contributed by atoms with Crippen LogP contribution in [0.5, 0.6) is 5.88 Å². The number of pyridine rings is 2. The number of rotatable bonds is 6. The van der Waals surface area contributed by atoms with Gasteiger partial charge in [-0.15, -0.1) is 0 Å². The number of halogens is 1. The lowest BCUT2D eigenvalue weighted by molar-refractivity contribution is 0.103. The van der Waals surface area contributed by atoms with Crippen LogP contribution in [0.1, 0.15) is 5.56 Å². The molecule has 0 bridgehead atoms. The molecule has 5 rings (SSSR count). The third kappa shape index (κ3) is 4.94. The molecule has 4 heterocycles. The van der Waals surface area contributed by atoms with Gasteiger partial charge in [0.25, 0.3) is 0 Å². The number of carbonyl (C=O) groups is 1. The van der Waals surface area contributed by atoms with Gasteiger partial charge in [0.2, 0.25) is 5.88 Å². The third-order valence-corrected chi connectivity index (χ3v) is 5.99. The fraction of sp³-hybridized carbons (Fsp3) is 0.280. The molecule has 0 aliphatic carbocycles. The number of ether oxygens (including phenoxy) is 2. The number of nitrogens with zero attached hydrogens (tertiary/aromatic N) is 6. The number of aromatic nitrogens is 2. The van der Waals surface area contributed by atoms with Crippen molar-refractivity contribution in [3.63, 3.8) is 0 Å². The monoisotopic (exact) mass is 474 g/mol. The van der Waals surface area contributed by atoms with E-state index in [1.165, 1.54) is 11.0 Å². The van der Waals surface area contributed by atoms with Gasteiger partial charge in [-0.1, -0.05) is 6.07 Å². The summed E-state index contributed by atoms with van der Waals surface area (Å²) in [7, 11) is 0. The molecule has 0 N–H and O–H groups in total. The van der Waals surface area contributed by atoms with Gasteiger partial charge in [0.15, 0.2) is 6.10 Å². The second-order valence-corrected chi connectivity index (χ2v) is 8.22. The highest BCUT2D eigenvalue weighted by Crippen LogP contribution is 2.29. The first-order valence-corrected chi connectivity index (χ1v) is 11.3. The van der Waals surface area contributed by atoms with Crippen LogP contribution in [0.2, 0.25) is 0 Å². The lowest BCUT2D eigenvalue weighted by Crippen LogP contribution is -2.47. The second kappa shape index (κ2) is 9.85. The molecule has 1 atom stereocenters. The summed E-state index contributed by atoms with van der Waals surface area (Å²) in [5.41, 5.74) is 1.45. The van der Waals surface area contributed by atoms with Crippen molar-refractivity contribution in [2.75, 3.05) is 54.0 Å². The van der Waals surface area contributed by atoms with Crippen molar-refractivity contribution in [3.05, 3.63) is 72.3 Å². The number of piperazine rings is 1. The molecule has 2 aliphatic heterocycles. The number of nitriles is 1. The normalized spacial score (nSPS) is 17.8. The van der Waals surface area contributed by atoms with Crippen LogP contribution in [0.15, 0.2) is 60.9 Å². The molecule has 2 aliphatic rings. The maximum Gasteiger partial charge on any atom is 0.414 e. The van der Waals surface area contributed by atoms with Crippen LogP contribution >= 0.6 is 0 Å². The first-order chi connectivity index (χ1) is 17.1. The number of anilines is 3. The minimum atomic E-state index is -0.532. The zero-order valence-corrected chi connectivity index (χ0v) is 18.9. The van der Waals surface area contributed by atoms with Gasteiger partial charge in [-0.2, -0.15) is 5.26 Å². The van der Waals surface area contributed by atoms with Crippen LogP contribution in [-0.2, 0) is 4.74 Å². The van der Waals surface area contributed by atoms with Crippen LogP contribution in [-0.4, -0.2) is 61.5 Å². The van der Waals surface area contributed by atoms with Crippen LogP contribution in [0.3, 0.4) is 0 Å². The highest BCUT2D eigenvalue weighted by Gasteiger charge is 2.33. The standard InChI is InChI=1S/C25H23FN6O3/c26-21-13-19(32-16-20(35-25(32)33)17-34-24-3-1-2-8-28-24)5-6-22(21)30-9-11-31(12-10-30)23-7-4-18(14-27)15-29-23/h1-8,13,15,20H,9-12,16-17H2. The summed E-state index contributed by atoms with van der Waals surface area (Å²) in [4.78, 5) is 26.3. The summed E-state index contributed by atoms with van der Waals surface area (Å²) in [5.74, 6) is 0.856. The van der Waals surface area contributed by atoms with Gasteiger partial charge in [-0.3, -0.25) is 4.90 Å². The van der Waals surface area contributed by atoms with E-state index >= 15 is 4.39 Å². The van der Waals surface area contributed by atoms with Crippen LogP contribution < -0.4 is 19.4 Å². The molecule has 0 saturated carbocycles. The quantitative estimate of drug-likeness (QED) is 0.538. The Morgan fingerprint density at radius 3 is 2.60 bits per heavy atom. The molecule has 0 spiro atoms. The van der Waals surface area contributed by atoms with E-state index in [0.29, 0.717) is 49.0 Å². The Morgan fingerprint density at radius 1 is 1.09 bits per heavy atom. The molecular formula is C25H23FN6O3.